The molecule has 0 amide bonds. The third-order valence-corrected chi connectivity index (χ3v) is 2.09. The van der Waals surface area contributed by atoms with Crippen molar-refractivity contribution in [2.24, 2.45) is 11.6 Å². The SMILES string of the molecule is CCOC(=O)/C(N)=C(/NN)Oc1cccc(C=O)c1. The second-order valence-electron chi connectivity index (χ2n) is 3.40. The van der Waals surface area contributed by atoms with Crippen molar-refractivity contribution in [2.45, 2.75) is 6.92 Å². The molecule has 0 saturated heterocycles. The van der Waals surface area contributed by atoms with E-state index >= 15 is 0 Å². The van der Waals surface area contributed by atoms with Gasteiger partial charge in [-0.15, -0.1) is 0 Å². The summed E-state index contributed by atoms with van der Waals surface area (Å²) in [6.07, 6.45) is 0.667. The van der Waals surface area contributed by atoms with Crippen molar-refractivity contribution in [1.29, 1.82) is 0 Å². The van der Waals surface area contributed by atoms with Crippen molar-refractivity contribution in [3.8, 4) is 5.75 Å². The number of hydrazine groups is 1. The van der Waals surface area contributed by atoms with Crippen molar-refractivity contribution in [3.63, 3.8) is 0 Å². The summed E-state index contributed by atoms with van der Waals surface area (Å²) in [6, 6.07) is 6.28. The fourth-order valence-electron chi connectivity index (χ4n) is 1.23. The van der Waals surface area contributed by atoms with Crippen LogP contribution in [0.4, 0.5) is 0 Å². The number of carbonyl (C=O) groups excluding carboxylic acids is 2. The summed E-state index contributed by atoms with van der Waals surface area (Å²) in [5.74, 6) is 4.65. The first-order chi connectivity index (χ1) is 9.12. The second-order valence-corrected chi connectivity index (χ2v) is 3.40. The molecule has 19 heavy (non-hydrogen) atoms. The number of hydrogen-bond donors (Lipinski definition) is 3. The molecule has 1 aromatic rings. The van der Waals surface area contributed by atoms with E-state index in [-0.39, 0.29) is 18.2 Å². The van der Waals surface area contributed by atoms with Gasteiger partial charge in [0.05, 0.1) is 6.61 Å². The second kappa shape index (κ2) is 7.02. The van der Waals surface area contributed by atoms with E-state index in [4.69, 9.17) is 21.1 Å². The van der Waals surface area contributed by atoms with Gasteiger partial charge in [-0.3, -0.25) is 10.2 Å². The molecule has 0 fully saturated rings. The van der Waals surface area contributed by atoms with Crippen LogP contribution in [0.2, 0.25) is 0 Å². The number of nitrogens with one attached hydrogen (secondary N) is 1. The number of nitrogens with two attached hydrogens (primary N) is 2. The lowest BCUT2D eigenvalue weighted by molar-refractivity contribution is -0.138. The summed E-state index contributed by atoms with van der Waals surface area (Å²) in [6.45, 7) is 1.83. The summed E-state index contributed by atoms with van der Waals surface area (Å²) < 4.78 is 10.0. The maximum absolute atomic E-state index is 11.4. The highest BCUT2D eigenvalue weighted by atomic mass is 16.5. The number of ether oxygens (including phenoxy) is 2. The molecule has 0 aliphatic rings. The fraction of sp³-hybridized carbons (Fsp3) is 0.167. The van der Waals surface area contributed by atoms with Crippen LogP contribution in [0, 0.1) is 0 Å². The van der Waals surface area contributed by atoms with E-state index < -0.39 is 5.97 Å². The molecule has 0 aromatic heterocycles. The average Bonchev–Trinajstić information content (AvgIpc) is 2.44. The van der Waals surface area contributed by atoms with Crippen LogP contribution in [0.1, 0.15) is 17.3 Å². The maximum atomic E-state index is 11.4. The van der Waals surface area contributed by atoms with Gasteiger partial charge in [-0.05, 0) is 19.1 Å². The van der Waals surface area contributed by atoms with Gasteiger partial charge >= 0.3 is 5.97 Å². The lowest BCUT2D eigenvalue weighted by Crippen LogP contribution is -2.31. The molecule has 0 spiro atoms. The Kier molecular flexibility index (Phi) is 5.36. The summed E-state index contributed by atoms with van der Waals surface area (Å²) in [4.78, 5) is 22.1. The predicted octanol–water partition coefficient (Wildman–Crippen LogP) is 0.0321. The molecule has 0 atom stereocenters. The summed E-state index contributed by atoms with van der Waals surface area (Å²) in [5.41, 5.74) is 7.84. The quantitative estimate of drug-likeness (QED) is 0.166. The molecule has 0 saturated carbocycles. The van der Waals surface area contributed by atoms with Crippen LogP contribution in [0.3, 0.4) is 0 Å². The van der Waals surface area contributed by atoms with Gasteiger partial charge in [0, 0.05) is 5.56 Å². The molecule has 7 heteroatoms. The molecule has 0 aliphatic carbocycles. The number of esters is 1. The zero-order valence-electron chi connectivity index (χ0n) is 10.4. The third-order valence-electron chi connectivity index (χ3n) is 2.09. The molecular weight excluding hydrogens is 250 g/mol. The van der Waals surface area contributed by atoms with Crippen molar-refractivity contribution >= 4 is 12.3 Å². The molecule has 1 aromatic carbocycles. The molecule has 0 aliphatic heterocycles. The first-order valence-electron chi connectivity index (χ1n) is 5.49. The van der Waals surface area contributed by atoms with E-state index in [1.165, 1.54) is 6.07 Å². The average molecular weight is 265 g/mol. The van der Waals surface area contributed by atoms with Gasteiger partial charge in [0.1, 0.15) is 12.0 Å². The maximum Gasteiger partial charge on any atom is 0.359 e. The Bertz CT molecular complexity index is 500. The molecular formula is C12H15N3O4. The standard InChI is InChI=1S/C12H15N3O4/c1-2-18-12(17)10(13)11(15-14)19-9-5-3-4-8(6-9)7-16/h3-7,15H,2,13-14H2,1H3/b11-10+. The Balaban J connectivity index is 2.94. The van der Waals surface area contributed by atoms with Gasteiger partial charge in [-0.1, -0.05) is 12.1 Å². The van der Waals surface area contributed by atoms with Crippen molar-refractivity contribution in [1.82, 2.24) is 5.43 Å². The van der Waals surface area contributed by atoms with Crippen LogP contribution in [0.15, 0.2) is 35.8 Å². The Morgan fingerprint density at radius 3 is 2.79 bits per heavy atom. The zero-order valence-corrected chi connectivity index (χ0v) is 10.4. The zero-order chi connectivity index (χ0) is 14.3. The molecule has 102 valence electrons. The van der Waals surface area contributed by atoms with Gasteiger partial charge in [0.25, 0.3) is 0 Å². The largest absolute Gasteiger partial charge is 0.461 e. The Labute approximate surface area is 110 Å². The van der Waals surface area contributed by atoms with E-state index in [2.05, 4.69) is 5.43 Å². The minimum atomic E-state index is -0.748. The van der Waals surface area contributed by atoms with Gasteiger partial charge in [0.15, 0.2) is 5.70 Å². The van der Waals surface area contributed by atoms with E-state index in [0.29, 0.717) is 17.6 Å². The van der Waals surface area contributed by atoms with Crippen LogP contribution >= 0.6 is 0 Å². The molecule has 0 bridgehead atoms. The summed E-state index contributed by atoms with van der Waals surface area (Å²) >= 11 is 0. The normalized spacial score (nSPS) is 11.3. The highest BCUT2D eigenvalue weighted by Crippen LogP contribution is 2.15. The number of rotatable bonds is 6. The number of benzene rings is 1. The smallest absolute Gasteiger partial charge is 0.359 e. The lowest BCUT2D eigenvalue weighted by atomic mass is 10.2. The molecule has 0 radical (unpaired) electrons. The number of aldehydes is 1. The monoisotopic (exact) mass is 265 g/mol. The minimum absolute atomic E-state index is 0.151. The number of carbonyl (C=O) groups is 2. The summed E-state index contributed by atoms with van der Waals surface area (Å²) in [7, 11) is 0. The molecule has 7 nitrogen and oxygen atoms in total. The van der Waals surface area contributed by atoms with Gasteiger partial charge < -0.3 is 15.2 Å². The first-order valence-corrected chi connectivity index (χ1v) is 5.49. The fourth-order valence-corrected chi connectivity index (χ4v) is 1.23. The molecule has 5 N–H and O–H groups in total. The van der Waals surface area contributed by atoms with Crippen LogP contribution in [0.5, 0.6) is 5.75 Å². The van der Waals surface area contributed by atoms with Gasteiger partial charge in [-0.25, -0.2) is 10.6 Å². The summed E-state index contributed by atoms with van der Waals surface area (Å²) in [5, 5.41) is 0. The van der Waals surface area contributed by atoms with Crippen LogP contribution in [-0.2, 0) is 9.53 Å². The topological polar surface area (TPSA) is 117 Å². The van der Waals surface area contributed by atoms with Crippen LogP contribution in [0.25, 0.3) is 0 Å². The minimum Gasteiger partial charge on any atom is -0.461 e. The predicted molar refractivity (Wildman–Crippen MR) is 67.6 cm³/mol. The highest BCUT2D eigenvalue weighted by molar-refractivity contribution is 5.87. The molecule has 1 rings (SSSR count). The Morgan fingerprint density at radius 1 is 1.47 bits per heavy atom. The van der Waals surface area contributed by atoms with Gasteiger partial charge in [-0.2, -0.15) is 0 Å². The van der Waals surface area contributed by atoms with Crippen LogP contribution in [-0.4, -0.2) is 18.9 Å². The van der Waals surface area contributed by atoms with E-state index in [9.17, 15) is 9.59 Å². The Hall–Kier alpha value is -2.54. The van der Waals surface area contributed by atoms with Crippen molar-refractivity contribution < 1.29 is 19.1 Å². The number of hydrogen-bond acceptors (Lipinski definition) is 7. The highest BCUT2D eigenvalue weighted by Gasteiger charge is 2.14. The van der Waals surface area contributed by atoms with Crippen molar-refractivity contribution in [2.75, 3.05) is 6.61 Å². The first kappa shape index (κ1) is 14.5. The van der Waals surface area contributed by atoms with Gasteiger partial charge in [0.2, 0.25) is 5.88 Å². The van der Waals surface area contributed by atoms with E-state index in [1.807, 2.05) is 0 Å². The third kappa shape index (κ3) is 4.00. The lowest BCUT2D eigenvalue weighted by Gasteiger charge is -2.12. The molecule has 0 unspecified atom stereocenters. The molecule has 0 heterocycles. The van der Waals surface area contributed by atoms with Crippen LogP contribution < -0.4 is 21.7 Å². The van der Waals surface area contributed by atoms with Crippen molar-refractivity contribution in [3.05, 3.63) is 41.4 Å². The Morgan fingerprint density at radius 2 is 2.21 bits per heavy atom. The van der Waals surface area contributed by atoms with E-state index in [0.717, 1.165) is 0 Å². The van der Waals surface area contributed by atoms with E-state index in [1.54, 1.807) is 25.1 Å².